The smallest absolute Gasteiger partial charge is 0.185 e. The van der Waals surface area contributed by atoms with Crippen LogP contribution in [0.15, 0.2) is 12.1 Å². The molecule has 1 rings (SSSR count). The standard InChI is InChI=1S/C8H9Cl2N3S/c1-4-2-3-5(9)7(6(4)10)12-8(14)13-11/h2-3H,11H2,1H3,(H2,12,13,14). The summed E-state index contributed by atoms with van der Waals surface area (Å²) in [4.78, 5) is 0. The lowest BCUT2D eigenvalue weighted by Crippen LogP contribution is -2.34. The molecule has 0 unspecified atom stereocenters. The van der Waals surface area contributed by atoms with E-state index in [1.807, 2.05) is 13.0 Å². The molecular weight excluding hydrogens is 241 g/mol. The lowest BCUT2D eigenvalue weighted by Gasteiger charge is -2.11. The maximum atomic E-state index is 6.02. The monoisotopic (exact) mass is 249 g/mol. The molecule has 0 bridgehead atoms. The van der Waals surface area contributed by atoms with Gasteiger partial charge in [-0.05, 0) is 30.8 Å². The Bertz CT molecular complexity index is 368. The van der Waals surface area contributed by atoms with E-state index in [1.54, 1.807) is 6.07 Å². The zero-order valence-electron chi connectivity index (χ0n) is 7.40. The Morgan fingerprint density at radius 2 is 2.07 bits per heavy atom. The van der Waals surface area contributed by atoms with Crippen molar-refractivity contribution in [1.29, 1.82) is 0 Å². The highest BCUT2D eigenvalue weighted by molar-refractivity contribution is 7.80. The van der Waals surface area contributed by atoms with Gasteiger partial charge in [-0.15, -0.1) is 0 Å². The van der Waals surface area contributed by atoms with Crippen LogP contribution in [-0.2, 0) is 0 Å². The van der Waals surface area contributed by atoms with E-state index in [1.165, 1.54) is 0 Å². The van der Waals surface area contributed by atoms with Gasteiger partial charge < -0.3 is 10.7 Å². The number of halogens is 2. The minimum absolute atomic E-state index is 0.263. The van der Waals surface area contributed by atoms with Crippen molar-refractivity contribution >= 4 is 46.2 Å². The minimum Gasteiger partial charge on any atom is -0.329 e. The van der Waals surface area contributed by atoms with Crippen LogP contribution in [0.3, 0.4) is 0 Å². The van der Waals surface area contributed by atoms with Crippen molar-refractivity contribution in [2.75, 3.05) is 5.32 Å². The summed E-state index contributed by atoms with van der Waals surface area (Å²) in [6.07, 6.45) is 0. The Balaban J connectivity index is 3.06. The first kappa shape index (κ1) is 11.5. The topological polar surface area (TPSA) is 50.1 Å². The van der Waals surface area contributed by atoms with Gasteiger partial charge in [0.2, 0.25) is 0 Å². The van der Waals surface area contributed by atoms with Crippen LogP contribution in [0.5, 0.6) is 0 Å². The Kier molecular flexibility index (Phi) is 3.95. The van der Waals surface area contributed by atoms with Gasteiger partial charge in [0.25, 0.3) is 0 Å². The van der Waals surface area contributed by atoms with Crippen molar-refractivity contribution in [1.82, 2.24) is 5.43 Å². The van der Waals surface area contributed by atoms with Gasteiger partial charge in [0.1, 0.15) is 0 Å². The quantitative estimate of drug-likeness (QED) is 0.407. The third kappa shape index (κ3) is 2.48. The molecule has 3 nitrogen and oxygen atoms in total. The van der Waals surface area contributed by atoms with E-state index < -0.39 is 0 Å². The normalized spacial score (nSPS) is 9.71. The molecule has 0 aliphatic heterocycles. The molecule has 0 saturated carbocycles. The predicted octanol–water partition coefficient (Wildman–Crippen LogP) is 2.46. The van der Waals surface area contributed by atoms with Gasteiger partial charge in [0.15, 0.2) is 5.11 Å². The molecule has 14 heavy (non-hydrogen) atoms. The zero-order chi connectivity index (χ0) is 10.7. The summed E-state index contributed by atoms with van der Waals surface area (Å²) in [5.41, 5.74) is 3.77. The fraction of sp³-hybridized carbons (Fsp3) is 0.125. The number of nitrogens with one attached hydrogen (secondary N) is 2. The van der Waals surface area contributed by atoms with E-state index >= 15 is 0 Å². The summed E-state index contributed by atoms with van der Waals surface area (Å²) in [6.45, 7) is 1.88. The molecule has 6 heteroatoms. The SMILES string of the molecule is Cc1ccc(Cl)c(NC(=S)NN)c1Cl. The molecule has 4 N–H and O–H groups in total. The number of hydrogen-bond donors (Lipinski definition) is 3. The van der Waals surface area contributed by atoms with Crippen LogP contribution in [-0.4, -0.2) is 5.11 Å². The van der Waals surface area contributed by atoms with Crippen LogP contribution < -0.4 is 16.6 Å². The van der Waals surface area contributed by atoms with Crippen molar-refractivity contribution in [2.24, 2.45) is 5.84 Å². The maximum absolute atomic E-state index is 6.02. The van der Waals surface area contributed by atoms with Gasteiger partial charge in [-0.1, -0.05) is 29.3 Å². The van der Waals surface area contributed by atoms with Crippen molar-refractivity contribution in [3.05, 3.63) is 27.7 Å². The summed E-state index contributed by atoms with van der Waals surface area (Å²) < 4.78 is 0. The first-order valence-electron chi connectivity index (χ1n) is 3.78. The second-order valence-corrected chi connectivity index (χ2v) is 3.85. The molecule has 1 aromatic rings. The molecule has 1 aromatic carbocycles. The van der Waals surface area contributed by atoms with Gasteiger partial charge in [-0.2, -0.15) is 0 Å². The van der Waals surface area contributed by atoms with Crippen LogP contribution >= 0.6 is 35.4 Å². The number of thiocarbonyl (C=S) groups is 1. The largest absolute Gasteiger partial charge is 0.329 e. The summed E-state index contributed by atoms with van der Waals surface area (Å²) in [7, 11) is 0. The van der Waals surface area contributed by atoms with E-state index in [2.05, 4.69) is 10.7 Å². The lowest BCUT2D eigenvalue weighted by atomic mass is 10.2. The van der Waals surface area contributed by atoms with Crippen LogP contribution in [0.25, 0.3) is 0 Å². The number of hydrogen-bond acceptors (Lipinski definition) is 2. The summed E-state index contributed by atoms with van der Waals surface area (Å²) in [5.74, 6) is 5.12. The molecule has 0 atom stereocenters. The average Bonchev–Trinajstić information content (AvgIpc) is 2.18. The molecule has 0 heterocycles. The molecule has 0 spiro atoms. The Hall–Kier alpha value is -0.550. The fourth-order valence-corrected chi connectivity index (χ4v) is 1.49. The third-order valence-corrected chi connectivity index (χ3v) is 2.68. The number of hydrazine groups is 1. The molecule has 0 aromatic heterocycles. The zero-order valence-corrected chi connectivity index (χ0v) is 9.72. The van der Waals surface area contributed by atoms with E-state index in [0.717, 1.165) is 5.56 Å². The molecule has 0 aliphatic rings. The highest BCUT2D eigenvalue weighted by Gasteiger charge is 2.08. The van der Waals surface area contributed by atoms with Crippen molar-refractivity contribution in [3.63, 3.8) is 0 Å². The van der Waals surface area contributed by atoms with Crippen molar-refractivity contribution in [3.8, 4) is 0 Å². The van der Waals surface area contributed by atoms with E-state index in [0.29, 0.717) is 15.7 Å². The highest BCUT2D eigenvalue weighted by Crippen LogP contribution is 2.32. The number of aryl methyl sites for hydroxylation is 1. The van der Waals surface area contributed by atoms with Crippen LogP contribution in [0, 0.1) is 6.92 Å². The number of benzene rings is 1. The predicted molar refractivity (Wildman–Crippen MR) is 64.7 cm³/mol. The first-order valence-corrected chi connectivity index (χ1v) is 4.95. The van der Waals surface area contributed by atoms with Crippen LogP contribution in [0.2, 0.25) is 10.0 Å². The van der Waals surface area contributed by atoms with Crippen molar-refractivity contribution in [2.45, 2.75) is 6.92 Å². The van der Waals surface area contributed by atoms with Gasteiger partial charge >= 0.3 is 0 Å². The molecule has 0 saturated heterocycles. The minimum atomic E-state index is 0.263. The van der Waals surface area contributed by atoms with Crippen molar-refractivity contribution < 1.29 is 0 Å². The van der Waals surface area contributed by atoms with Gasteiger partial charge in [-0.3, -0.25) is 0 Å². The van der Waals surface area contributed by atoms with Gasteiger partial charge in [0.05, 0.1) is 15.7 Å². The number of rotatable bonds is 1. The molecule has 0 radical (unpaired) electrons. The van der Waals surface area contributed by atoms with Crippen LogP contribution in [0.1, 0.15) is 5.56 Å². The summed E-state index contributed by atoms with van der Waals surface area (Å²) in [6, 6.07) is 3.57. The second kappa shape index (κ2) is 4.79. The van der Waals surface area contributed by atoms with Gasteiger partial charge in [-0.25, -0.2) is 5.84 Å². The Morgan fingerprint density at radius 1 is 1.43 bits per heavy atom. The maximum Gasteiger partial charge on any atom is 0.185 e. The van der Waals surface area contributed by atoms with E-state index in [-0.39, 0.29) is 5.11 Å². The number of nitrogens with two attached hydrogens (primary N) is 1. The van der Waals surface area contributed by atoms with E-state index in [9.17, 15) is 0 Å². The molecule has 0 amide bonds. The molecule has 0 aliphatic carbocycles. The summed E-state index contributed by atoms with van der Waals surface area (Å²) in [5, 5.41) is 4.10. The summed E-state index contributed by atoms with van der Waals surface area (Å²) >= 11 is 16.8. The molecule has 0 fully saturated rings. The average molecular weight is 250 g/mol. The fourth-order valence-electron chi connectivity index (χ4n) is 0.921. The third-order valence-electron chi connectivity index (χ3n) is 1.65. The highest BCUT2D eigenvalue weighted by atomic mass is 35.5. The lowest BCUT2D eigenvalue weighted by molar-refractivity contribution is 1.04. The van der Waals surface area contributed by atoms with Gasteiger partial charge in [0, 0.05) is 0 Å². The molecular formula is C8H9Cl2N3S. The van der Waals surface area contributed by atoms with E-state index in [4.69, 9.17) is 41.3 Å². The Morgan fingerprint density at radius 3 is 2.64 bits per heavy atom. The second-order valence-electron chi connectivity index (χ2n) is 2.65. The number of anilines is 1. The Labute approximate surface area is 97.5 Å². The molecule has 76 valence electrons. The first-order chi connectivity index (χ1) is 6.56. The van der Waals surface area contributed by atoms with Crippen LogP contribution in [0.4, 0.5) is 5.69 Å².